The van der Waals surface area contributed by atoms with E-state index in [4.69, 9.17) is 0 Å². The van der Waals surface area contributed by atoms with Crippen LogP contribution in [0.15, 0.2) is 24.3 Å². The molecule has 112 valence electrons. The summed E-state index contributed by atoms with van der Waals surface area (Å²) in [6.45, 7) is 5.72. The fourth-order valence-corrected chi connectivity index (χ4v) is 3.00. The molecule has 0 fully saturated rings. The molecule has 0 aliphatic heterocycles. The number of carbonyl (C=O) groups is 1. The van der Waals surface area contributed by atoms with Gasteiger partial charge in [0, 0.05) is 12.6 Å². The van der Waals surface area contributed by atoms with Gasteiger partial charge in [0.15, 0.2) is 0 Å². The van der Waals surface area contributed by atoms with Crippen molar-refractivity contribution < 1.29 is 13.2 Å². The van der Waals surface area contributed by atoms with Crippen molar-refractivity contribution in [2.75, 3.05) is 12.8 Å². The number of nitrogens with one attached hydrogen (secondary N) is 1. The second kappa shape index (κ2) is 6.85. The van der Waals surface area contributed by atoms with Gasteiger partial charge in [-0.05, 0) is 31.9 Å². The van der Waals surface area contributed by atoms with Gasteiger partial charge in [-0.25, -0.2) is 8.42 Å². The summed E-state index contributed by atoms with van der Waals surface area (Å²) in [6.07, 6.45) is 1.11. The molecule has 1 amide bonds. The van der Waals surface area contributed by atoms with Gasteiger partial charge in [-0.1, -0.05) is 24.3 Å². The molecule has 0 spiro atoms. The zero-order valence-corrected chi connectivity index (χ0v) is 13.2. The van der Waals surface area contributed by atoms with Crippen LogP contribution in [-0.2, 0) is 21.4 Å². The van der Waals surface area contributed by atoms with Crippen molar-refractivity contribution in [3.63, 3.8) is 0 Å². The highest BCUT2D eigenvalue weighted by Crippen LogP contribution is 2.07. The van der Waals surface area contributed by atoms with E-state index in [9.17, 15) is 13.2 Å². The van der Waals surface area contributed by atoms with Crippen molar-refractivity contribution in [2.24, 2.45) is 0 Å². The molecule has 0 heterocycles. The Morgan fingerprint density at radius 2 is 1.90 bits per heavy atom. The third-order valence-electron chi connectivity index (χ3n) is 3.04. The van der Waals surface area contributed by atoms with Gasteiger partial charge in [0.2, 0.25) is 15.9 Å². The monoisotopic (exact) mass is 298 g/mol. The zero-order chi connectivity index (χ0) is 15.3. The van der Waals surface area contributed by atoms with E-state index in [0.29, 0.717) is 6.54 Å². The standard InChI is InChI=1S/C14H22N2O3S/c1-11(2)16(20(4,18)19)10-14(17)15-9-13-8-6-5-7-12(13)3/h5-8,11H,9-10H2,1-4H3,(H,15,17). The molecule has 1 aromatic carbocycles. The van der Waals surface area contributed by atoms with Crippen molar-refractivity contribution in [2.45, 2.75) is 33.4 Å². The first-order valence-corrected chi connectivity index (χ1v) is 8.34. The first kappa shape index (κ1) is 16.7. The third-order valence-corrected chi connectivity index (χ3v) is 4.44. The molecule has 1 aromatic rings. The van der Waals surface area contributed by atoms with Crippen molar-refractivity contribution in [1.82, 2.24) is 9.62 Å². The Balaban J connectivity index is 2.62. The molecule has 0 aliphatic carbocycles. The quantitative estimate of drug-likeness (QED) is 0.860. The molecule has 20 heavy (non-hydrogen) atoms. The Hall–Kier alpha value is -1.40. The number of sulfonamides is 1. The van der Waals surface area contributed by atoms with Crippen LogP contribution in [0.1, 0.15) is 25.0 Å². The van der Waals surface area contributed by atoms with Crippen molar-refractivity contribution in [3.05, 3.63) is 35.4 Å². The predicted octanol–water partition coefficient (Wildman–Crippen LogP) is 1.28. The zero-order valence-electron chi connectivity index (χ0n) is 12.4. The Bertz CT molecular complexity index is 568. The van der Waals surface area contributed by atoms with E-state index in [2.05, 4.69) is 5.32 Å². The molecular formula is C14H22N2O3S. The average Bonchev–Trinajstić information content (AvgIpc) is 2.33. The maximum atomic E-state index is 11.9. The van der Waals surface area contributed by atoms with E-state index in [-0.39, 0.29) is 18.5 Å². The first-order valence-electron chi connectivity index (χ1n) is 6.50. The molecule has 5 nitrogen and oxygen atoms in total. The van der Waals surface area contributed by atoms with E-state index >= 15 is 0 Å². The van der Waals surface area contributed by atoms with E-state index in [1.54, 1.807) is 13.8 Å². The normalized spacial score (nSPS) is 11.9. The molecule has 0 saturated carbocycles. The summed E-state index contributed by atoms with van der Waals surface area (Å²) < 4.78 is 24.3. The van der Waals surface area contributed by atoms with Gasteiger partial charge in [0.05, 0.1) is 12.8 Å². The lowest BCUT2D eigenvalue weighted by molar-refractivity contribution is -0.121. The van der Waals surface area contributed by atoms with Crippen LogP contribution in [0.3, 0.4) is 0 Å². The minimum absolute atomic E-state index is 0.150. The smallest absolute Gasteiger partial charge is 0.235 e. The van der Waals surface area contributed by atoms with Crippen LogP contribution in [-0.4, -0.2) is 37.5 Å². The lowest BCUT2D eigenvalue weighted by Crippen LogP contribution is -2.43. The summed E-state index contributed by atoms with van der Waals surface area (Å²) in [7, 11) is -3.38. The fourth-order valence-electron chi connectivity index (χ4n) is 1.88. The van der Waals surface area contributed by atoms with E-state index in [0.717, 1.165) is 17.4 Å². The minimum Gasteiger partial charge on any atom is -0.351 e. The second-order valence-electron chi connectivity index (χ2n) is 5.11. The van der Waals surface area contributed by atoms with Gasteiger partial charge in [-0.3, -0.25) is 4.79 Å². The molecule has 0 atom stereocenters. The summed E-state index contributed by atoms with van der Waals surface area (Å²) in [4.78, 5) is 11.9. The number of hydrogen-bond donors (Lipinski definition) is 1. The predicted molar refractivity (Wildman–Crippen MR) is 79.7 cm³/mol. The first-order chi connectivity index (χ1) is 9.21. The van der Waals surface area contributed by atoms with Crippen LogP contribution < -0.4 is 5.32 Å². The number of hydrogen-bond acceptors (Lipinski definition) is 3. The average molecular weight is 298 g/mol. The molecule has 6 heteroatoms. The van der Waals surface area contributed by atoms with Crippen molar-refractivity contribution in [1.29, 1.82) is 0 Å². The molecule has 0 unspecified atom stereocenters. The topological polar surface area (TPSA) is 66.5 Å². The van der Waals surface area contributed by atoms with Gasteiger partial charge in [-0.2, -0.15) is 4.31 Å². The fraction of sp³-hybridized carbons (Fsp3) is 0.500. The minimum atomic E-state index is -3.38. The van der Waals surface area contributed by atoms with Gasteiger partial charge < -0.3 is 5.32 Å². The molecule has 0 saturated heterocycles. The molecular weight excluding hydrogens is 276 g/mol. The van der Waals surface area contributed by atoms with Crippen LogP contribution in [0.2, 0.25) is 0 Å². The second-order valence-corrected chi connectivity index (χ2v) is 7.04. The van der Waals surface area contributed by atoms with Crippen LogP contribution in [0.4, 0.5) is 0 Å². The van der Waals surface area contributed by atoms with Gasteiger partial charge in [0.25, 0.3) is 0 Å². The Morgan fingerprint density at radius 1 is 1.30 bits per heavy atom. The summed E-state index contributed by atoms with van der Waals surface area (Å²) in [5, 5.41) is 2.75. The van der Waals surface area contributed by atoms with Gasteiger partial charge >= 0.3 is 0 Å². The highest BCUT2D eigenvalue weighted by atomic mass is 32.2. The molecule has 1 rings (SSSR count). The number of carbonyl (C=O) groups excluding carboxylic acids is 1. The Kier molecular flexibility index (Phi) is 5.71. The summed E-state index contributed by atoms with van der Waals surface area (Å²) in [6, 6.07) is 7.51. The highest BCUT2D eigenvalue weighted by molar-refractivity contribution is 7.88. The Labute approximate surface area is 121 Å². The maximum Gasteiger partial charge on any atom is 0.235 e. The van der Waals surface area contributed by atoms with Crippen LogP contribution in [0, 0.1) is 6.92 Å². The van der Waals surface area contributed by atoms with Crippen LogP contribution in [0.25, 0.3) is 0 Å². The van der Waals surface area contributed by atoms with Crippen molar-refractivity contribution >= 4 is 15.9 Å². The third kappa shape index (κ3) is 4.94. The Morgan fingerprint density at radius 3 is 2.40 bits per heavy atom. The molecule has 1 N–H and O–H groups in total. The summed E-state index contributed by atoms with van der Waals surface area (Å²) in [5.74, 6) is -0.299. The van der Waals surface area contributed by atoms with Gasteiger partial charge in [-0.15, -0.1) is 0 Å². The van der Waals surface area contributed by atoms with E-state index in [1.165, 1.54) is 4.31 Å². The molecule has 0 aliphatic rings. The van der Waals surface area contributed by atoms with Crippen LogP contribution in [0.5, 0.6) is 0 Å². The highest BCUT2D eigenvalue weighted by Gasteiger charge is 2.22. The largest absolute Gasteiger partial charge is 0.351 e. The number of aryl methyl sites for hydroxylation is 1. The van der Waals surface area contributed by atoms with E-state index < -0.39 is 10.0 Å². The number of rotatable bonds is 6. The SMILES string of the molecule is Cc1ccccc1CNC(=O)CN(C(C)C)S(C)(=O)=O. The summed E-state index contributed by atoms with van der Waals surface area (Å²) >= 11 is 0. The number of amides is 1. The number of nitrogens with zero attached hydrogens (tertiary/aromatic N) is 1. The van der Waals surface area contributed by atoms with Crippen LogP contribution >= 0.6 is 0 Å². The molecule has 0 bridgehead atoms. The lowest BCUT2D eigenvalue weighted by Gasteiger charge is -2.23. The van der Waals surface area contributed by atoms with Gasteiger partial charge in [0.1, 0.15) is 0 Å². The molecule has 0 aromatic heterocycles. The van der Waals surface area contributed by atoms with E-state index in [1.807, 2.05) is 31.2 Å². The maximum absolute atomic E-state index is 11.9. The summed E-state index contributed by atoms with van der Waals surface area (Å²) in [5.41, 5.74) is 2.12. The number of benzene rings is 1. The van der Waals surface area contributed by atoms with Crippen molar-refractivity contribution in [3.8, 4) is 0 Å². The lowest BCUT2D eigenvalue weighted by atomic mass is 10.1. The molecule has 0 radical (unpaired) electrons.